The van der Waals surface area contributed by atoms with Gasteiger partial charge >= 0.3 is 0 Å². The number of hydrogen-bond donors (Lipinski definition) is 2. The van der Waals surface area contributed by atoms with Gasteiger partial charge in [-0.15, -0.1) is 11.3 Å². The minimum atomic E-state index is -0.379. The summed E-state index contributed by atoms with van der Waals surface area (Å²) in [4.78, 5) is 12.5. The van der Waals surface area contributed by atoms with Crippen molar-refractivity contribution in [2.45, 2.75) is 12.8 Å². The molecule has 0 fully saturated rings. The molecule has 0 aliphatic heterocycles. The minimum Gasteiger partial charge on any atom is -0.397 e. The van der Waals surface area contributed by atoms with Crippen LogP contribution in [0.5, 0.6) is 0 Å². The average molecular weight is 312 g/mol. The summed E-state index contributed by atoms with van der Waals surface area (Å²) in [5, 5.41) is 3.19. The Kier molecular flexibility index (Phi) is 5.25. The molecule has 3 N–H and O–H groups in total. The Balaban J connectivity index is 2.07. The monoisotopic (exact) mass is 312 g/mol. The van der Waals surface area contributed by atoms with Gasteiger partial charge in [-0.3, -0.25) is 4.79 Å². The predicted molar refractivity (Wildman–Crippen MR) is 86.1 cm³/mol. The number of anilines is 1. The maximum absolute atomic E-state index is 13.7. The molecule has 3 nitrogen and oxygen atoms in total. The first-order chi connectivity index (χ1) is 9.65. The van der Waals surface area contributed by atoms with E-state index in [0.29, 0.717) is 21.5 Å². The number of benzene rings is 1. The molecule has 1 aromatic heterocycles. The molecule has 0 atom stereocenters. The number of fused-ring (bicyclic) bond motifs is 1. The third-order valence-electron chi connectivity index (χ3n) is 2.97. The van der Waals surface area contributed by atoms with Gasteiger partial charge in [0.25, 0.3) is 5.91 Å². The number of carbonyl (C=O) groups excluding carboxylic acids is 1. The van der Waals surface area contributed by atoms with Crippen molar-refractivity contribution in [3.05, 3.63) is 28.9 Å². The second kappa shape index (κ2) is 6.95. The van der Waals surface area contributed by atoms with Crippen LogP contribution in [-0.2, 0) is 0 Å². The fraction of sp³-hybridized carbons (Fsp3) is 0.357. The molecule has 1 heterocycles. The molecule has 0 aliphatic rings. The summed E-state index contributed by atoms with van der Waals surface area (Å²) in [6.45, 7) is 0.621. The Morgan fingerprint density at radius 3 is 2.95 bits per heavy atom. The number of carbonyl (C=O) groups is 1. The fourth-order valence-electron chi connectivity index (χ4n) is 1.95. The summed E-state index contributed by atoms with van der Waals surface area (Å²) >= 11 is 3.02. The van der Waals surface area contributed by atoms with Gasteiger partial charge in [0, 0.05) is 11.2 Å². The molecular weight excluding hydrogens is 295 g/mol. The SMILES string of the molecule is CSCCCCNC(=O)c1sc2cccc(F)c2c1N. The van der Waals surface area contributed by atoms with Crippen molar-refractivity contribution in [3.8, 4) is 0 Å². The number of nitrogens with two attached hydrogens (primary N) is 1. The molecule has 1 aromatic carbocycles. The van der Waals surface area contributed by atoms with Crippen LogP contribution in [0.2, 0.25) is 0 Å². The van der Waals surface area contributed by atoms with Crippen LogP contribution in [0.15, 0.2) is 18.2 Å². The third-order valence-corrected chi connectivity index (χ3v) is 4.83. The van der Waals surface area contributed by atoms with Gasteiger partial charge in [0.2, 0.25) is 0 Å². The number of hydrogen-bond acceptors (Lipinski definition) is 4. The molecule has 0 unspecified atom stereocenters. The van der Waals surface area contributed by atoms with Crippen molar-refractivity contribution < 1.29 is 9.18 Å². The van der Waals surface area contributed by atoms with Crippen molar-refractivity contribution in [2.24, 2.45) is 0 Å². The lowest BCUT2D eigenvalue weighted by Crippen LogP contribution is -2.24. The van der Waals surface area contributed by atoms with Crippen LogP contribution in [0.25, 0.3) is 10.1 Å². The van der Waals surface area contributed by atoms with Crippen molar-refractivity contribution in [3.63, 3.8) is 0 Å². The number of halogens is 1. The van der Waals surface area contributed by atoms with Gasteiger partial charge in [-0.2, -0.15) is 11.8 Å². The second-order valence-corrected chi connectivity index (χ2v) is 6.45. The van der Waals surface area contributed by atoms with Crippen molar-refractivity contribution in [1.82, 2.24) is 5.32 Å². The van der Waals surface area contributed by atoms with Gasteiger partial charge < -0.3 is 11.1 Å². The van der Waals surface area contributed by atoms with E-state index in [1.54, 1.807) is 23.9 Å². The summed E-state index contributed by atoms with van der Waals surface area (Å²) in [5.74, 6) is 0.495. The maximum Gasteiger partial charge on any atom is 0.263 e. The first-order valence-electron chi connectivity index (χ1n) is 6.38. The fourth-order valence-corrected chi connectivity index (χ4v) is 3.50. The molecule has 0 aliphatic carbocycles. The molecule has 20 heavy (non-hydrogen) atoms. The number of thioether (sulfide) groups is 1. The van der Waals surface area contributed by atoms with E-state index in [1.807, 2.05) is 0 Å². The standard InChI is InChI=1S/C14H17FN2OS2/c1-19-8-3-2-7-17-14(18)13-12(16)11-9(15)5-4-6-10(11)20-13/h4-6H,2-3,7-8,16H2,1H3,(H,17,18). The van der Waals surface area contributed by atoms with E-state index in [9.17, 15) is 9.18 Å². The number of rotatable bonds is 6. The molecule has 0 saturated carbocycles. The lowest BCUT2D eigenvalue weighted by Gasteiger charge is -2.04. The van der Waals surface area contributed by atoms with E-state index in [-0.39, 0.29) is 17.4 Å². The Hall–Kier alpha value is -1.27. The predicted octanol–water partition coefficient (Wildman–Crippen LogP) is 3.50. The highest BCUT2D eigenvalue weighted by molar-refractivity contribution is 7.98. The highest BCUT2D eigenvalue weighted by Crippen LogP contribution is 2.35. The summed E-state index contributed by atoms with van der Waals surface area (Å²) in [6.07, 6.45) is 4.06. The highest BCUT2D eigenvalue weighted by Gasteiger charge is 2.18. The van der Waals surface area contributed by atoms with Crippen LogP contribution in [0, 0.1) is 5.82 Å². The Labute approximate surface area is 125 Å². The average Bonchev–Trinajstić information content (AvgIpc) is 2.77. The lowest BCUT2D eigenvalue weighted by molar-refractivity contribution is 0.0958. The molecule has 2 rings (SSSR count). The summed E-state index contributed by atoms with van der Waals surface area (Å²) in [6, 6.07) is 4.75. The molecule has 0 bridgehead atoms. The van der Waals surface area contributed by atoms with E-state index in [0.717, 1.165) is 18.6 Å². The van der Waals surface area contributed by atoms with Gasteiger partial charge in [0.15, 0.2) is 0 Å². The Morgan fingerprint density at radius 1 is 1.45 bits per heavy atom. The highest BCUT2D eigenvalue weighted by atomic mass is 32.2. The molecular formula is C14H17FN2OS2. The van der Waals surface area contributed by atoms with Crippen molar-refractivity contribution >= 4 is 44.8 Å². The molecule has 108 valence electrons. The number of thiophene rings is 1. The summed E-state index contributed by atoms with van der Waals surface area (Å²) in [7, 11) is 0. The Bertz CT molecular complexity index is 612. The van der Waals surface area contributed by atoms with Crippen LogP contribution in [0.4, 0.5) is 10.1 Å². The normalized spacial score (nSPS) is 10.9. The van der Waals surface area contributed by atoms with Gasteiger partial charge in [0.05, 0.1) is 11.1 Å². The molecule has 1 amide bonds. The van der Waals surface area contributed by atoms with E-state index >= 15 is 0 Å². The van der Waals surface area contributed by atoms with Crippen LogP contribution >= 0.6 is 23.1 Å². The second-order valence-electron chi connectivity index (χ2n) is 4.41. The van der Waals surface area contributed by atoms with E-state index in [4.69, 9.17) is 5.73 Å². The molecule has 0 saturated heterocycles. The largest absolute Gasteiger partial charge is 0.397 e. The number of nitrogens with one attached hydrogen (secondary N) is 1. The number of amides is 1. The van der Waals surface area contributed by atoms with Crippen LogP contribution in [-0.4, -0.2) is 24.5 Å². The first-order valence-corrected chi connectivity index (χ1v) is 8.59. The smallest absolute Gasteiger partial charge is 0.263 e. The molecule has 6 heteroatoms. The van der Waals surface area contributed by atoms with Gasteiger partial charge in [-0.1, -0.05) is 6.07 Å². The number of unbranched alkanes of at least 4 members (excludes halogenated alkanes) is 1. The summed E-state index contributed by atoms with van der Waals surface area (Å²) in [5.41, 5.74) is 6.14. The Morgan fingerprint density at radius 2 is 2.25 bits per heavy atom. The number of nitrogen functional groups attached to an aromatic ring is 1. The zero-order valence-electron chi connectivity index (χ0n) is 11.2. The zero-order valence-corrected chi connectivity index (χ0v) is 12.9. The molecule has 0 radical (unpaired) electrons. The lowest BCUT2D eigenvalue weighted by atomic mass is 10.2. The van der Waals surface area contributed by atoms with E-state index in [1.165, 1.54) is 17.4 Å². The van der Waals surface area contributed by atoms with Crippen molar-refractivity contribution in [1.29, 1.82) is 0 Å². The molecule has 0 spiro atoms. The van der Waals surface area contributed by atoms with Gasteiger partial charge in [-0.05, 0) is 37.0 Å². The van der Waals surface area contributed by atoms with Gasteiger partial charge in [0.1, 0.15) is 10.7 Å². The first kappa shape index (κ1) is 15.1. The van der Waals surface area contributed by atoms with E-state index < -0.39 is 0 Å². The molecule has 2 aromatic rings. The van der Waals surface area contributed by atoms with E-state index in [2.05, 4.69) is 11.6 Å². The van der Waals surface area contributed by atoms with Crippen LogP contribution in [0.3, 0.4) is 0 Å². The van der Waals surface area contributed by atoms with Gasteiger partial charge in [-0.25, -0.2) is 4.39 Å². The summed E-state index contributed by atoms with van der Waals surface area (Å²) < 4.78 is 14.4. The van der Waals surface area contributed by atoms with Crippen molar-refractivity contribution in [2.75, 3.05) is 24.3 Å². The minimum absolute atomic E-state index is 0.216. The zero-order chi connectivity index (χ0) is 14.5. The topological polar surface area (TPSA) is 55.1 Å². The van der Waals surface area contributed by atoms with Crippen LogP contribution in [0.1, 0.15) is 22.5 Å². The maximum atomic E-state index is 13.7. The quantitative estimate of drug-likeness (QED) is 0.803. The van der Waals surface area contributed by atoms with Crippen LogP contribution < -0.4 is 11.1 Å². The third kappa shape index (κ3) is 3.24.